The molecular formula is C8H10O5. The number of hydrogen-bond acceptors (Lipinski definition) is 4. The molecule has 0 spiro atoms. The molecule has 13 heavy (non-hydrogen) atoms. The summed E-state index contributed by atoms with van der Waals surface area (Å²) in [5, 5.41) is 15.8. The molecule has 1 unspecified atom stereocenters. The van der Waals surface area contributed by atoms with Crippen LogP contribution in [-0.2, 0) is 4.79 Å². The molecule has 1 heterocycles. The van der Waals surface area contributed by atoms with Gasteiger partial charge in [-0.2, -0.15) is 0 Å². The third kappa shape index (κ3) is 5.63. The molecule has 72 valence electrons. The van der Waals surface area contributed by atoms with Gasteiger partial charge in [0, 0.05) is 0 Å². The van der Waals surface area contributed by atoms with Crippen molar-refractivity contribution in [1.82, 2.24) is 0 Å². The average molecular weight is 186 g/mol. The first-order chi connectivity index (χ1) is 6.07. The van der Waals surface area contributed by atoms with E-state index in [4.69, 9.17) is 10.2 Å². The van der Waals surface area contributed by atoms with Gasteiger partial charge in [0.1, 0.15) is 6.10 Å². The Balaban J connectivity index is 0.000000226. The van der Waals surface area contributed by atoms with Crippen molar-refractivity contribution in [3.05, 3.63) is 24.2 Å². The molecule has 1 aromatic heterocycles. The smallest absolute Gasteiger partial charge is 0.332 e. The van der Waals surface area contributed by atoms with Gasteiger partial charge in [0.05, 0.1) is 6.26 Å². The van der Waals surface area contributed by atoms with Gasteiger partial charge < -0.3 is 14.6 Å². The largest absolute Gasteiger partial charge is 0.479 e. The van der Waals surface area contributed by atoms with Crippen molar-refractivity contribution >= 4 is 12.3 Å². The molecule has 1 aromatic rings. The Labute approximate surface area is 74.6 Å². The highest BCUT2D eigenvalue weighted by Crippen LogP contribution is 1.92. The number of hydrogen-bond donors (Lipinski definition) is 2. The van der Waals surface area contributed by atoms with E-state index >= 15 is 0 Å². The first-order valence-electron chi connectivity index (χ1n) is 3.47. The number of carbonyl (C=O) groups excluding carboxylic acids is 1. The third-order valence-corrected chi connectivity index (χ3v) is 1.02. The van der Waals surface area contributed by atoms with Crippen LogP contribution in [0.25, 0.3) is 0 Å². The molecule has 0 aliphatic carbocycles. The molecule has 0 saturated carbocycles. The van der Waals surface area contributed by atoms with Crippen molar-refractivity contribution in [3.63, 3.8) is 0 Å². The summed E-state index contributed by atoms with van der Waals surface area (Å²) < 4.78 is 4.61. The maximum absolute atomic E-state index is 9.77. The van der Waals surface area contributed by atoms with Gasteiger partial charge in [-0.15, -0.1) is 0 Å². The van der Waals surface area contributed by atoms with Gasteiger partial charge in [-0.3, -0.25) is 4.79 Å². The summed E-state index contributed by atoms with van der Waals surface area (Å²) in [4.78, 5) is 19.2. The Bertz CT molecular complexity index is 250. The molecular weight excluding hydrogens is 176 g/mol. The first kappa shape index (κ1) is 11.4. The van der Waals surface area contributed by atoms with Crippen LogP contribution in [0.1, 0.15) is 17.5 Å². The fraction of sp³-hybridized carbons (Fsp3) is 0.250. The highest BCUT2D eigenvalue weighted by molar-refractivity contribution is 5.71. The van der Waals surface area contributed by atoms with Crippen molar-refractivity contribution in [2.45, 2.75) is 13.0 Å². The van der Waals surface area contributed by atoms with Crippen molar-refractivity contribution in [1.29, 1.82) is 0 Å². The van der Waals surface area contributed by atoms with E-state index in [2.05, 4.69) is 4.42 Å². The van der Waals surface area contributed by atoms with Crippen LogP contribution in [0.15, 0.2) is 22.8 Å². The Kier molecular flexibility index (Phi) is 5.22. The fourth-order valence-electron chi connectivity index (χ4n) is 0.358. The van der Waals surface area contributed by atoms with E-state index in [-0.39, 0.29) is 0 Å². The van der Waals surface area contributed by atoms with Gasteiger partial charge in [-0.05, 0) is 19.1 Å². The highest BCUT2D eigenvalue weighted by Gasteiger charge is 2.01. The van der Waals surface area contributed by atoms with Gasteiger partial charge in [0.2, 0.25) is 0 Å². The number of aldehydes is 1. The summed E-state index contributed by atoms with van der Waals surface area (Å²) in [6, 6.07) is 3.27. The summed E-state index contributed by atoms with van der Waals surface area (Å²) in [6.45, 7) is 1.20. The number of carbonyl (C=O) groups is 2. The summed E-state index contributed by atoms with van der Waals surface area (Å²) in [7, 11) is 0. The van der Waals surface area contributed by atoms with E-state index in [1.165, 1.54) is 13.2 Å². The van der Waals surface area contributed by atoms with Gasteiger partial charge in [-0.1, -0.05) is 0 Å². The quantitative estimate of drug-likeness (QED) is 0.658. The van der Waals surface area contributed by atoms with E-state index in [1.54, 1.807) is 12.1 Å². The van der Waals surface area contributed by atoms with Gasteiger partial charge >= 0.3 is 5.97 Å². The molecule has 0 bridgehead atoms. The maximum Gasteiger partial charge on any atom is 0.332 e. The molecule has 2 N–H and O–H groups in total. The maximum atomic E-state index is 9.77. The van der Waals surface area contributed by atoms with Gasteiger partial charge in [0.25, 0.3) is 0 Å². The number of aliphatic hydroxyl groups excluding tert-OH is 1. The lowest BCUT2D eigenvalue weighted by atomic mass is 10.4. The molecule has 1 atom stereocenters. The number of rotatable bonds is 2. The van der Waals surface area contributed by atoms with Gasteiger partial charge in [0.15, 0.2) is 12.0 Å². The zero-order valence-electron chi connectivity index (χ0n) is 7.01. The van der Waals surface area contributed by atoms with Crippen LogP contribution in [0.2, 0.25) is 0 Å². The number of carboxylic acid groups (broad SMARTS) is 1. The monoisotopic (exact) mass is 186 g/mol. The Hall–Kier alpha value is -1.62. The lowest BCUT2D eigenvalue weighted by Gasteiger charge is -1.89. The Morgan fingerprint density at radius 1 is 1.69 bits per heavy atom. The molecule has 0 aromatic carbocycles. The number of furan rings is 1. The van der Waals surface area contributed by atoms with Crippen molar-refractivity contribution in [2.24, 2.45) is 0 Å². The van der Waals surface area contributed by atoms with Crippen molar-refractivity contribution in [3.8, 4) is 0 Å². The van der Waals surface area contributed by atoms with Crippen LogP contribution in [0, 0.1) is 0 Å². The number of aliphatic hydroxyl groups is 1. The topological polar surface area (TPSA) is 87.7 Å². The summed E-state index contributed by atoms with van der Waals surface area (Å²) in [6.07, 6.45) is 0.897. The van der Waals surface area contributed by atoms with E-state index in [9.17, 15) is 9.59 Å². The Morgan fingerprint density at radius 2 is 2.23 bits per heavy atom. The minimum Gasteiger partial charge on any atom is -0.479 e. The van der Waals surface area contributed by atoms with E-state index in [0.29, 0.717) is 12.0 Å². The minimum atomic E-state index is -1.23. The third-order valence-electron chi connectivity index (χ3n) is 1.02. The zero-order chi connectivity index (χ0) is 10.3. The normalized spacial score (nSPS) is 10.9. The summed E-state index contributed by atoms with van der Waals surface area (Å²) in [5.74, 6) is -0.810. The Morgan fingerprint density at radius 3 is 2.38 bits per heavy atom. The standard InChI is InChI=1S/C5H4O2.C3H6O3/c6-4-5-2-1-3-7-5;1-2(4)3(5)6/h1-4H;2,4H,1H3,(H,5,6). The van der Waals surface area contributed by atoms with Crippen LogP contribution in [0.5, 0.6) is 0 Å². The molecule has 5 heteroatoms. The van der Waals surface area contributed by atoms with E-state index in [1.807, 2.05) is 0 Å². The zero-order valence-corrected chi connectivity index (χ0v) is 7.01. The van der Waals surface area contributed by atoms with Crippen LogP contribution >= 0.6 is 0 Å². The highest BCUT2D eigenvalue weighted by atomic mass is 16.4. The second-order valence-electron chi connectivity index (χ2n) is 2.15. The SMILES string of the molecule is CC(O)C(=O)O.O=Cc1ccco1. The molecule has 0 amide bonds. The van der Waals surface area contributed by atoms with Crippen molar-refractivity contribution in [2.75, 3.05) is 0 Å². The molecule has 0 saturated heterocycles. The van der Waals surface area contributed by atoms with Crippen LogP contribution in [0.3, 0.4) is 0 Å². The number of aliphatic carboxylic acids is 1. The van der Waals surface area contributed by atoms with E-state index in [0.717, 1.165) is 0 Å². The average Bonchev–Trinajstić information content (AvgIpc) is 2.56. The second-order valence-corrected chi connectivity index (χ2v) is 2.15. The van der Waals surface area contributed by atoms with Gasteiger partial charge in [-0.25, -0.2) is 4.79 Å². The lowest BCUT2D eigenvalue weighted by molar-refractivity contribution is -0.145. The molecule has 0 fully saturated rings. The molecule has 5 nitrogen and oxygen atoms in total. The van der Waals surface area contributed by atoms with Crippen molar-refractivity contribution < 1.29 is 24.2 Å². The van der Waals surface area contributed by atoms with E-state index < -0.39 is 12.1 Å². The second kappa shape index (κ2) is 5.96. The summed E-state index contributed by atoms with van der Waals surface area (Å²) >= 11 is 0. The van der Waals surface area contributed by atoms with Crippen LogP contribution in [-0.4, -0.2) is 28.6 Å². The first-order valence-corrected chi connectivity index (χ1v) is 3.47. The molecule has 0 aliphatic heterocycles. The number of carboxylic acids is 1. The lowest BCUT2D eigenvalue weighted by Crippen LogP contribution is -2.13. The predicted molar refractivity (Wildman–Crippen MR) is 43.4 cm³/mol. The fourth-order valence-corrected chi connectivity index (χ4v) is 0.358. The predicted octanol–water partition coefficient (Wildman–Crippen LogP) is 0.544. The van der Waals surface area contributed by atoms with Crippen LogP contribution in [0.4, 0.5) is 0 Å². The molecule has 1 rings (SSSR count). The molecule has 0 aliphatic rings. The van der Waals surface area contributed by atoms with Crippen LogP contribution < -0.4 is 0 Å². The summed E-state index contributed by atoms with van der Waals surface area (Å²) in [5.41, 5.74) is 0. The minimum absolute atomic E-state index is 0.375. The molecule has 0 radical (unpaired) electrons.